The monoisotopic (exact) mass is 264 g/mol. The van der Waals surface area contributed by atoms with Gasteiger partial charge in [-0.1, -0.05) is 18.1 Å². The summed E-state index contributed by atoms with van der Waals surface area (Å²) in [7, 11) is 1.97. The molecule has 0 aromatic carbocycles. The molecule has 0 bridgehead atoms. The third-order valence-corrected chi connectivity index (χ3v) is 4.25. The number of rotatable bonds is 6. The van der Waals surface area contributed by atoms with Crippen molar-refractivity contribution >= 4 is 0 Å². The molecule has 1 aliphatic heterocycles. The highest BCUT2D eigenvalue weighted by Crippen LogP contribution is 2.34. The maximum Gasteiger partial charge on any atom is 0.0999 e. The van der Waals surface area contributed by atoms with E-state index in [1.807, 2.05) is 7.05 Å². The van der Waals surface area contributed by atoms with Gasteiger partial charge in [0.05, 0.1) is 11.4 Å². The SMILES string of the molecule is CNCc1nnn(CCC2CC2)c1C1CCOCC1. The van der Waals surface area contributed by atoms with Crippen LogP contribution in [0.4, 0.5) is 0 Å². The standard InChI is InChI=1S/C14H24N4O/c1-15-10-13-14(12-5-8-19-9-6-12)18(17-16-13)7-4-11-2-3-11/h11-12,15H,2-10H2,1H3. The van der Waals surface area contributed by atoms with E-state index in [0.717, 1.165) is 50.8 Å². The van der Waals surface area contributed by atoms with Crippen LogP contribution in [0.25, 0.3) is 0 Å². The first-order valence-electron chi connectivity index (χ1n) is 7.53. The van der Waals surface area contributed by atoms with E-state index in [2.05, 4.69) is 20.3 Å². The Morgan fingerprint density at radius 3 is 2.74 bits per heavy atom. The number of hydrogen-bond acceptors (Lipinski definition) is 4. The summed E-state index contributed by atoms with van der Waals surface area (Å²) in [6.45, 7) is 3.60. The van der Waals surface area contributed by atoms with E-state index in [1.54, 1.807) is 0 Å². The second-order valence-electron chi connectivity index (χ2n) is 5.79. The highest BCUT2D eigenvalue weighted by Gasteiger charge is 2.26. The summed E-state index contributed by atoms with van der Waals surface area (Å²) in [6, 6.07) is 0. The van der Waals surface area contributed by atoms with E-state index in [0.29, 0.717) is 5.92 Å². The van der Waals surface area contributed by atoms with Crippen LogP contribution < -0.4 is 5.32 Å². The molecule has 2 fully saturated rings. The summed E-state index contributed by atoms with van der Waals surface area (Å²) in [5.41, 5.74) is 2.49. The van der Waals surface area contributed by atoms with Crippen LogP contribution in [-0.4, -0.2) is 35.3 Å². The van der Waals surface area contributed by atoms with Crippen molar-refractivity contribution in [3.8, 4) is 0 Å². The summed E-state index contributed by atoms with van der Waals surface area (Å²) in [5, 5.41) is 12.0. The molecule has 1 N–H and O–H groups in total. The Bertz CT molecular complexity index is 408. The van der Waals surface area contributed by atoms with Gasteiger partial charge in [0, 0.05) is 32.2 Å². The fourth-order valence-electron chi connectivity index (χ4n) is 2.94. The summed E-state index contributed by atoms with van der Waals surface area (Å²) in [5.74, 6) is 1.52. The van der Waals surface area contributed by atoms with Crippen LogP contribution in [0.5, 0.6) is 0 Å². The summed E-state index contributed by atoms with van der Waals surface area (Å²) >= 11 is 0. The molecule has 1 saturated heterocycles. The lowest BCUT2D eigenvalue weighted by Crippen LogP contribution is -2.20. The lowest BCUT2D eigenvalue weighted by atomic mass is 9.94. The molecule has 1 aromatic rings. The van der Waals surface area contributed by atoms with Gasteiger partial charge in [0.25, 0.3) is 0 Å². The minimum absolute atomic E-state index is 0.575. The third kappa shape index (κ3) is 3.15. The van der Waals surface area contributed by atoms with Gasteiger partial charge in [-0.05, 0) is 32.2 Å². The van der Waals surface area contributed by atoms with E-state index in [4.69, 9.17) is 4.74 Å². The van der Waals surface area contributed by atoms with Crippen LogP contribution in [0.1, 0.15) is 49.4 Å². The molecule has 1 aromatic heterocycles. The van der Waals surface area contributed by atoms with E-state index in [9.17, 15) is 0 Å². The molecule has 106 valence electrons. The second kappa shape index (κ2) is 6.01. The minimum Gasteiger partial charge on any atom is -0.381 e. The molecule has 0 spiro atoms. The van der Waals surface area contributed by atoms with Crippen molar-refractivity contribution in [1.82, 2.24) is 20.3 Å². The van der Waals surface area contributed by atoms with Crippen molar-refractivity contribution in [2.75, 3.05) is 20.3 Å². The Morgan fingerprint density at radius 2 is 2.05 bits per heavy atom. The lowest BCUT2D eigenvalue weighted by molar-refractivity contribution is 0.0832. The van der Waals surface area contributed by atoms with E-state index in [-0.39, 0.29) is 0 Å². The molecule has 0 atom stereocenters. The molecule has 1 saturated carbocycles. The second-order valence-corrected chi connectivity index (χ2v) is 5.79. The molecule has 2 aliphatic rings. The van der Waals surface area contributed by atoms with Crippen LogP contribution in [0, 0.1) is 5.92 Å². The van der Waals surface area contributed by atoms with Crippen molar-refractivity contribution in [3.63, 3.8) is 0 Å². The summed E-state index contributed by atoms with van der Waals surface area (Å²) < 4.78 is 7.65. The van der Waals surface area contributed by atoms with Crippen molar-refractivity contribution in [2.45, 2.75) is 51.1 Å². The van der Waals surface area contributed by atoms with Gasteiger partial charge in [-0.2, -0.15) is 0 Å². The smallest absolute Gasteiger partial charge is 0.0999 e. The predicted molar refractivity (Wildman–Crippen MR) is 72.9 cm³/mol. The number of hydrogen-bond donors (Lipinski definition) is 1. The molecule has 0 unspecified atom stereocenters. The first-order valence-corrected chi connectivity index (χ1v) is 7.53. The molecular weight excluding hydrogens is 240 g/mol. The number of nitrogens with zero attached hydrogens (tertiary/aromatic N) is 3. The quantitative estimate of drug-likeness (QED) is 0.849. The van der Waals surface area contributed by atoms with Gasteiger partial charge in [-0.3, -0.25) is 0 Å². The Balaban J connectivity index is 1.76. The fraction of sp³-hybridized carbons (Fsp3) is 0.857. The van der Waals surface area contributed by atoms with Gasteiger partial charge in [0.15, 0.2) is 0 Å². The Hall–Kier alpha value is -0.940. The van der Waals surface area contributed by atoms with Crippen molar-refractivity contribution in [3.05, 3.63) is 11.4 Å². The average Bonchev–Trinajstić information content (AvgIpc) is 3.19. The summed E-state index contributed by atoms with van der Waals surface area (Å²) in [6.07, 6.45) is 6.29. The largest absolute Gasteiger partial charge is 0.381 e. The molecule has 0 amide bonds. The van der Waals surface area contributed by atoms with Crippen LogP contribution in [-0.2, 0) is 17.8 Å². The topological polar surface area (TPSA) is 52.0 Å². The van der Waals surface area contributed by atoms with Crippen LogP contribution in [0.15, 0.2) is 0 Å². The average molecular weight is 264 g/mol. The van der Waals surface area contributed by atoms with Gasteiger partial charge in [0.1, 0.15) is 0 Å². The maximum absolute atomic E-state index is 5.48. The van der Waals surface area contributed by atoms with Crippen LogP contribution in [0.3, 0.4) is 0 Å². The zero-order chi connectivity index (χ0) is 13.1. The predicted octanol–water partition coefficient (Wildman–Crippen LogP) is 1.69. The first-order chi connectivity index (χ1) is 9.38. The van der Waals surface area contributed by atoms with Crippen LogP contribution >= 0.6 is 0 Å². The number of ether oxygens (including phenoxy) is 1. The molecule has 19 heavy (non-hydrogen) atoms. The molecule has 3 rings (SSSR count). The minimum atomic E-state index is 0.575. The fourth-order valence-corrected chi connectivity index (χ4v) is 2.94. The summed E-state index contributed by atoms with van der Waals surface area (Å²) in [4.78, 5) is 0. The number of aromatic nitrogens is 3. The molecular formula is C14H24N4O. The number of aryl methyl sites for hydroxylation is 1. The Morgan fingerprint density at radius 1 is 1.26 bits per heavy atom. The first kappa shape index (κ1) is 13.1. The highest BCUT2D eigenvalue weighted by molar-refractivity contribution is 5.16. The van der Waals surface area contributed by atoms with Gasteiger partial charge in [0.2, 0.25) is 0 Å². The Labute approximate surface area is 114 Å². The van der Waals surface area contributed by atoms with Crippen molar-refractivity contribution in [2.24, 2.45) is 5.92 Å². The van der Waals surface area contributed by atoms with Crippen molar-refractivity contribution < 1.29 is 4.74 Å². The van der Waals surface area contributed by atoms with E-state index < -0.39 is 0 Å². The zero-order valence-corrected chi connectivity index (χ0v) is 11.8. The molecule has 0 radical (unpaired) electrons. The normalized spacial score (nSPS) is 20.9. The lowest BCUT2D eigenvalue weighted by Gasteiger charge is -2.23. The third-order valence-electron chi connectivity index (χ3n) is 4.25. The molecule has 2 heterocycles. The van der Waals surface area contributed by atoms with Gasteiger partial charge in [-0.15, -0.1) is 5.10 Å². The van der Waals surface area contributed by atoms with Gasteiger partial charge < -0.3 is 10.1 Å². The van der Waals surface area contributed by atoms with Crippen molar-refractivity contribution in [1.29, 1.82) is 0 Å². The van der Waals surface area contributed by atoms with E-state index >= 15 is 0 Å². The number of nitrogens with one attached hydrogen (secondary N) is 1. The van der Waals surface area contributed by atoms with Gasteiger partial charge >= 0.3 is 0 Å². The molecule has 5 nitrogen and oxygen atoms in total. The Kier molecular flexibility index (Phi) is 4.13. The maximum atomic E-state index is 5.48. The molecule has 1 aliphatic carbocycles. The van der Waals surface area contributed by atoms with E-state index in [1.165, 1.54) is 25.0 Å². The molecule has 5 heteroatoms. The van der Waals surface area contributed by atoms with Gasteiger partial charge in [-0.25, -0.2) is 4.68 Å². The zero-order valence-electron chi connectivity index (χ0n) is 11.8. The van der Waals surface area contributed by atoms with Crippen LogP contribution in [0.2, 0.25) is 0 Å². The highest BCUT2D eigenvalue weighted by atomic mass is 16.5.